The Morgan fingerprint density at radius 1 is 1.32 bits per heavy atom. The lowest BCUT2D eigenvalue weighted by molar-refractivity contribution is 0.415. The average molecular weight is 266 g/mol. The first kappa shape index (κ1) is 14.3. The highest BCUT2D eigenvalue weighted by molar-refractivity contribution is 5.29. The summed E-state index contributed by atoms with van der Waals surface area (Å²) in [4.78, 5) is 2.29. The minimum atomic E-state index is 0.123. The van der Waals surface area contributed by atoms with Crippen molar-refractivity contribution in [2.45, 2.75) is 59.0 Å². The molecule has 0 aliphatic heterocycles. The molecule has 19 heavy (non-hydrogen) atoms. The maximum atomic E-state index is 5.83. The summed E-state index contributed by atoms with van der Waals surface area (Å²) in [6, 6.07) is 1.43. The van der Waals surface area contributed by atoms with Gasteiger partial charge >= 0.3 is 6.01 Å². The Morgan fingerprint density at radius 2 is 2.05 bits per heavy atom. The van der Waals surface area contributed by atoms with E-state index in [-0.39, 0.29) is 6.04 Å². The van der Waals surface area contributed by atoms with E-state index in [1.807, 2.05) is 0 Å². The molecule has 1 fully saturated rings. The molecule has 1 unspecified atom stereocenters. The molecule has 2 rings (SSSR count). The first-order valence-electron chi connectivity index (χ1n) is 7.45. The van der Waals surface area contributed by atoms with Crippen LogP contribution in [0.3, 0.4) is 0 Å². The highest BCUT2D eigenvalue weighted by atomic mass is 16.4. The third-order valence-corrected chi connectivity index (χ3v) is 3.49. The lowest BCUT2D eigenvalue weighted by atomic mass is 10.1. The lowest BCUT2D eigenvalue weighted by Gasteiger charge is -2.20. The van der Waals surface area contributed by atoms with Crippen molar-refractivity contribution >= 4 is 6.01 Å². The van der Waals surface area contributed by atoms with Gasteiger partial charge in [-0.05, 0) is 38.6 Å². The van der Waals surface area contributed by atoms with Gasteiger partial charge in [-0.3, -0.25) is 0 Å². The maximum Gasteiger partial charge on any atom is 0.318 e. The van der Waals surface area contributed by atoms with Gasteiger partial charge in [0.25, 0.3) is 0 Å². The molecule has 0 bridgehead atoms. The first-order valence-corrected chi connectivity index (χ1v) is 7.45. The van der Waals surface area contributed by atoms with Crippen molar-refractivity contribution in [2.75, 3.05) is 18.0 Å². The van der Waals surface area contributed by atoms with Crippen molar-refractivity contribution in [3.8, 4) is 0 Å². The summed E-state index contributed by atoms with van der Waals surface area (Å²) < 4.78 is 5.83. The van der Waals surface area contributed by atoms with Crippen LogP contribution in [0.25, 0.3) is 0 Å². The minimum absolute atomic E-state index is 0.123. The van der Waals surface area contributed by atoms with E-state index in [1.54, 1.807) is 0 Å². The van der Waals surface area contributed by atoms with Crippen LogP contribution in [0.1, 0.15) is 58.9 Å². The van der Waals surface area contributed by atoms with Crippen LogP contribution < -0.4 is 10.2 Å². The fourth-order valence-corrected chi connectivity index (χ4v) is 2.13. The predicted octanol–water partition coefficient (Wildman–Crippen LogP) is 2.76. The zero-order valence-electron chi connectivity index (χ0n) is 12.5. The summed E-state index contributed by atoms with van der Waals surface area (Å²) in [5, 5.41) is 11.7. The predicted molar refractivity (Wildman–Crippen MR) is 76.2 cm³/mol. The van der Waals surface area contributed by atoms with Crippen LogP contribution in [0.2, 0.25) is 0 Å². The third-order valence-electron chi connectivity index (χ3n) is 3.49. The van der Waals surface area contributed by atoms with Crippen LogP contribution in [-0.2, 0) is 0 Å². The van der Waals surface area contributed by atoms with Gasteiger partial charge in [0.1, 0.15) is 0 Å². The van der Waals surface area contributed by atoms with Crippen molar-refractivity contribution in [1.82, 2.24) is 15.5 Å². The Morgan fingerprint density at radius 3 is 2.63 bits per heavy atom. The molecule has 0 spiro atoms. The second kappa shape index (κ2) is 6.37. The van der Waals surface area contributed by atoms with Gasteiger partial charge < -0.3 is 14.6 Å². The Kier molecular flexibility index (Phi) is 4.80. The van der Waals surface area contributed by atoms with E-state index < -0.39 is 0 Å². The Bertz CT molecular complexity index is 387. The molecule has 1 aromatic heterocycles. The number of hydrogen-bond acceptors (Lipinski definition) is 5. The Hall–Kier alpha value is -1.10. The Balaban J connectivity index is 2.01. The normalized spacial score (nSPS) is 16.9. The fraction of sp³-hybridized carbons (Fsp3) is 0.857. The second-order valence-electron chi connectivity index (χ2n) is 5.81. The first-order chi connectivity index (χ1) is 9.11. The van der Waals surface area contributed by atoms with Crippen LogP contribution in [-0.4, -0.2) is 29.3 Å². The molecular weight excluding hydrogens is 240 g/mol. The lowest BCUT2D eigenvalue weighted by Crippen LogP contribution is -2.28. The van der Waals surface area contributed by atoms with Crippen LogP contribution in [0.4, 0.5) is 6.01 Å². The summed E-state index contributed by atoms with van der Waals surface area (Å²) >= 11 is 0. The van der Waals surface area contributed by atoms with Crippen molar-refractivity contribution in [3.05, 3.63) is 5.89 Å². The van der Waals surface area contributed by atoms with Crippen LogP contribution >= 0.6 is 0 Å². The second-order valence-corrected chi connectivity index (χ2v) is 5.81. The highest BCUT2D eigenvalue weighted by Crippen LogP contribution is 2.32. The summed E-state index contributed by atoms with van der Waals surface area (Å²) in [6.07, 6.45) is 3.66. The number of aromatic nitrogens is 2. The molecule has 5 nitrogen and oxygen atoms in total. The van der Waals surface area contributed by atoms with Gasteiger partial charge in [-0.15, -0.1) is 5.10 Å². The van der Waals surface area contributed by atoms with Crippen LogP contribution in [0, 0.1) is 5.92 Å². The summed E-state index contributed by atoms with van der Waals surface area (Å²) in [5.74, 6) is 1.39. The maximum absolute atomic E-state index is 5.83. The van der Waals surface area contributed by atoms with E-state index in [1.165, 1.54) is 12.8 Å². The van der Waals surface area contributed by atoms with Gasteiger partial charge in [0.15, 0.2) is 0 Å². The van der Waals surface area contributed by atoms with E-state index in [0.29, 0.717) is 23.9 Å². The number of anilines is 1. The van der Waals surface area contributed by atoms with E-state index in [2.05, 4.69) is 48.1 Å². The topological polar surface area (TPSA) is 54.2 Å². The van der Waals surface area contributed by atoms with E-state index >= 15 is 0 Å². The van der Waals surface area contributed by atoms with Gasteiger partial charge in [0, 0.05) is 12.6 Å². The zero-order chi connectivity index (χ0) is 13.8. The molecule has 1 atom stereocenters. The third kappa shape index (κ3) is 3.93. The largest absolute Gasteiger partial charge is 0.406 e. The molecule has 1 saturated carbocycles. The molecule has 5 heteroatoms. The SMILES string of the molecule is CCNC(C)c1nnc(N(CCC(C)C)C2CC2)o1. The van der Waals surface area contributed by atoms with Gasteiger partial charge in [0.05, 0.1) is 6.04 Å². The quantitative estimate of drug-likeness (QED) is 0.784. The molecule has 1 aromatic rings. The summed E-state index contributed by atoms with van der Waals surface area (Å²) in [6.45, 7) is 10.5. The van der Waals surface area contributed by atoms with Crippen molar-refractivity contribution in [1.29, 1.82) is 0 Å². The molecule has 108 valence electrons. The molecule has 1 N–H and O–H groups in total. The number of hydrogen-bond donors (Lipinski definition) is 1. The molecule has 0 radical (unpaired) electrons. The highest BCUT2D eigenvalue weighted by Gasteiger charge is 2.32. The van der Waals surface area contributed by atoms with Gasteiger partial charge in [0.2, 0.25) is 5.89 Å². The van der Waals surface area contributed by atoms with Crippen molar-refractivity contribution < 1.29 is 4.42 Å². The summed E-state index contributed by atoms with van der Waals surface area (Å²) in [7, 11) is 0. The minimum Gasteiger partial charge on any atom is -0.406 e. The van der Waals surface area contributed by atoms with Gasteiger partial charge in [-0.1, -0.05) is 25.9 Å². The van der Waals surface area contributed by atoms with E-state index in [9.17, 15) is 0 Å². The van der Waals surface area contributed by atoms with E-state index in [0.717, 1.165) is 19.5 Å². The van der Waals surface area contributed by atoms with Gasteiger partial charge in [-0.2, -0.15) is 0 Å². The van der Waals surface area contributed by atoms with Crippen molar-refractivity contribution in [3.63, 3.8) is 0 Å². The number of rotatable bonds is 8. The molecule has 0 amide bonds. The number of nitrogens with one attached hydrogen (secondary N) is 1. The molecule has 0 saturated heterocycles. The Labute approximate surface area is 115 Å². The summed E-state index contributed by atoms with van der Waals surface area (Å²) in [5.41, 5.74) is 0. The van der Waals surface area contributed by atoms with Crippen LogP contribution in [0.15, 0.2) is 4.42 Å². The standard InChI is InChI=1S/C14H26N4O/c1-5-15-11(4)13-16-17-14(19-13)18(12-6-7-12)9-8-10(2)3/h10-12,15H,5-9H2,1-4H3. The molecule has 1 aliphatic rings. The molecular formula is C14H26N4O. The molecule has 1 aliphatic carbocycles. The van der Waals surface area contributed by atoms with Crippen molar-refractivity contribution in [2.24, 2.45) is 5.92 Å². The number of nitrogens with zero attached hydrogens (tertiary/aromatic N) is 3. The average Bonchev–Trinajstić information content (AvgIpc) is 3.06. The van der Waals surface area contributed by atoms with Gasteiger partial charge in [-0.25, -0.2) is 0 Å². The monoisotopic (exact) mass is 266 g/mol. The zero-order valence-corrected chi connectivity index (χ0v) is 12.5. The smallest absolute Gasteiger partial charge is 0.318 e. The fourth-order valence-electron chi connectivity index (χ4n) is 2.13. The van der Waals surface area contributed by atoms with E-state index in [4.69, 9.17) is 4.42 Å². The molecule has 1 heterocycles. The molecule has 0 aromatic carbocycles. The van der Waals surface area contributed by atoms with Crippen LogP contribution in [0.5, 0.6) is 0 Å².